The largest absolute Gasteiger partial charge is 0.481 e. The Bertz CT molecular complexity index is 1270. The van der Waals surface area contributed by atoms with Gasteiger partial charge in [-0.2, -0.15) is 5.26 Å². The molecule has 34 heavy (non-hydrogen) atoms. The lowest BCUT2D eigenvalue weighted by Gasteiger charge is -2.46. The van der Waals surface area contributed by atoms with Crippen molar-refractivity contribution >= 4 is 22.8 Å². The summed E-state index contributed by atoms with van der Waals surface area (Å²) in [4.78, 5) is 30.6. The first-order valence-electron chi connectivity index (χ1n) is 12.1. The highest BCUT2D eigenvalue weighted by atomic mass is 16.4. The Morgan fingerprint density at radius 3 is 2.85 bits per heavy atom. The van der Waals surface area contributed by atoms with Crippen LogP contribution in [0.2, 0.25) is 0 Å². The number of aliphatic carboxylic acids is 1. The van der Waals surface area contributed by atoms with Gasteiger partial charge >= 0.3 is 5.97 Å². The molecule has 2 aromatic heterocycles. The maximum absolute atomic E-state index is 13.5. The third-order valence-electron chi connectivity index (χ3n) is 7.73. The molecule has 5 rings (SSSR count). The Hall–Kier alpha value is -3.53. The molecule has 3 unspecified atom stereocenters. The number of hydrogen-bond acceptors (Lipinski definition) is 4. The van der Waals surface area contributed by atoms with Crippen molar-refractivity contribution < 1.29 is 19.1 Å². The van der Waals surface area contributed by atoms with Gasteiger partial charge in [0, 0.05) is 41.7 Å². The van der Waals surface area contributed by atoms with Gasteiger partial charge in [-0.1, -0.05) is 25.5 Å². The molecule has 7 nitrogen and oxygen atoms in total. The molecule has 0 radical (unpaired) electrons. The molecular weight excluding hydrogens is 430 g/mol. The number of aromatic nitrogens is 1. The summed E-state index contributed by atoms with van der Waals surface area (Å²) in [5.41, 5.74) is 2.88. The minimum absolute atomic E-state index is 0.0352. The van der Waals surface area contributed by atoms with Crippen LogP contribution in [0.1, 0.15) is 62.7 Å². The molecule has 7 heteroatoms. The van der Waals surface area contributed by atoms with Crippen LogP contribution in [0.5, 0.6) is 0 Å². The molecule has 3 heterocycles. The van der Waals surface area contributed by atoms with E-state index in [-0.39, 0.29) is 35.5 Å². The molecule has 1 aliphatic heterocycles. The highest BCUT2D eigenvalue weighted by Crippen LogP contribution is 2.41. The lowest BCUT2D eigenvalue weighted by molar-refractivity contribution is -0.152. The van der Waals surface area contributed by atoms with Crippen LogP contribution in [0.25, 0.3) is 22.2 Å². The van der Waals surface area contributed by atoms with Gasteiger partial charge in [-0.3, -0.25) is 9.59 Å². The number of aromatic amines is 1. The first kappa shape index (κ1) is 22.3. The first-order chi connectivity index (χ1) is 16.5. The van der Waals surface area contributed by atoms with Crippen molar-refractivity contribution in [1.82, 2.24) is 9.88 Å². The average Bonchev–Trinajstić information content (AvgIpc) is 3.50. The van der Waals surface area contributed by atoms with Crippen molar-refractivity contribution in [3.8, 4) is 17.4 Å². The number of nitrogens with zero attached hydrogens (tertiary/aromatic N) is 2. The summed E-state index contributed by atoms with van der Waals surface area (Å²) in [6.07, 6.45) is 6.54. The topological polar surface area (TPSA) is 110 Å². The van der Waals surface area contributed by atoms with E-state index in [1.54, 1.807) is 12.1 Å². The average molecular weight is 460 g/mol. The zero-order chi connectivity index (χ0) is 23.8. The van der Waals surface area contributed by atoms with E-state index in [2.05, 4.69) is 11.9 Å². The number of H-pyrrole nitrogens is 1. The summed E-state index contributed by atoms with van der Waals surface area (Å²) in [6.45, 7) is 2.77. The summed E-state index contributed by atoms with van der Waals surface area (Å²) >= 11 is 0. The van der Waals surface area contributed by atoms with Crippen LogP contribution in [0.4, 0.5) is 0 Å². The van der Waals surface area contributed by atoms with Crippen LogP contribution < -0.4 is 0 Å². The first-order valence-corrected chi connectivity index (χ1v) is 12.1. The molecule has 2 aliphatic rings. The van der Waals surface area contributed by atoms with Crippen molar-refractivity contribution in [2.24, 2.45) is 11.8 Å². The Morgan fingerprint density at radius 1 is 1.24 bits per heavy atom. The number of carboxylic acids is 1. The second-order valence-corrected chi connectivity index (χ2v) is 9.69. The number of carbonyl (C=O) groups is 2. The zero-order valence-electron chi connectivity index (χ0n) is 19.3. The summed E-state index contributed by atoms with van der Waals surface area (Å²) in [5.74, 6) is -0.0405. The maximum atomic E-state index is 13.5. The van der Waals surface area contributed by atoms with Crippen LogP contribution in [0, 0.1) is 23.2 Å². The summed E-state index contributed by atoms with van der Waals surface area (Å²) < 4.78 is 5.70. The van der Waals surface area contributed by atoms with E-state index in [4.69, 9.17) is 9.68 Å². The molecular formula is C27H29N3O4. The number of nitrogens with one attached hydrogen (secondary N) is 1. The van der Waals surface area contributed by atoms with Crippen molar-refractivity contribution in [3.05, 3.63) is 47.9 Å². The van der Waals surface area contributed by atoms with Crippen LogP contribution >= 0.6 is 0 Å². The van der Waals surface area contributed by atoms with Gasteiger partial charge in [0.05, 0.1) is 5.92 Å². The van der Waals surface area contributed by atoms with E-state index >= 15 is 0 Å². The van der Waals surface area contributed by atoms with Gasteiger partial charge in [-0.15, -0.1) is 0 Å². The second-order valence-electron chi connectivity index (χ2n) is 9.69. The zero-order valence-corrected chi connectivity index (χ0v) is 19.3. The monoisotopic (exact) mass is 459 g/mol. The standard InChI is InChI=1S/C27H29N3O4/c1-16(13-25(31)30-12-4-7-18-19(27(32)33)5-3-9-23(18)30)21-15-29-22-8-2-6-20(26(21)22)24-11-10-17(14-28)34-24/h2,6,8,10-11,15-16,18-19,23,29H,3-5,7,9,12-13H2,1H3,(H,32,33)/t16?,18?,19-,23?/m1/s1. The van der Waals surface area contributed by atoms with E-state index in [0.29, 0.717) is 25.1 Å². The van der Waals surface area contributed by atoms with E-state index in [0.717, 1.165) is 47.7 Å². The van der Waals surface area contributed by atoms with E-state index in [1.807, 2.05) is 35.4 Å². The Kier molecular flexibility index (Phi) is 5.91. The van der Waals surface area contributed by atoms with Crippen LogP contribution in [0.15, 0.2) is 40.9 Å². The number of fused-ring (bicyclic) bond motifs is 2. The predicted octanol–water partition coefficient (Wildman–Crippen LogP) is 5.29. The molecule has 2 fully saturated rings. The van der Waals surface area contributed by atoms with Crippen LogP contribution in [-0.4, -0.2) is 39.5 Å². The van der Waals surface area contributed by atoms with Gasteiger partial charge in [-0.05, 0) is 61.3 Å². The smallest absolute Gasteiger partial charge is 0.306 e. The molecule has 1 aliphatic carbocycles. The molecule has 0 spiro atoms. The van der Waals surface area contributed by atoms with E-state index < -0.39 is 5.97 Å². The minimum Gasteiger partial charge on any atom is -0.481 e. The van der Waals surface area contributed by atoms with Crippen molar-refractivity contribution in [3.63, 3.8) is 0 Å². The fourth-order valence-electron chi connectivity index (χ4n) is 6.14. The number of amides is 1. The summed E-state index contributed by atoms with van der Waals surface area (Å²) in [6, 6.07) is 11.4. The van der Waals surface area contributed by atoms with Crippen molar-refractivity contribution in [2.75, 3.05) is 6.54 Å². The highest BCUT2D eigenvalue weighted by molar-refractivity contribution is 5.97. The molecule has 1 amide bonds. The molecule has 176 valence electrons. The number of carboxylic acid groups (broad SMARTS) is 1. The van der Waals surface area contributed by atoms with Gasteiger partial charge in [-0.25, -0.2) is 0 Å². The van der Waals surface area contributed by atoms with E-state index in [1.165, 1.54) is 0 Å². The lowest BCUT2D eigenvalue weighted by atomic mass is 9.71. The number of furan rings is 1. The molecule has 0 bridgehead atoms. The Balaban J connectivity index is 1.40. The van der Waals surface area contributed by atoms with Gasteiger partial charge in [0.2, 0.25) is 11.7 Å². The number of nitriles is 1. The van der Waals surface area contributed by atoms with Crippen LogP contribution in [0.3, 0.4) is 0 Å². The molecule has 4 atom stereocenters. The van der Waals surface area contributed by atoms with Gasteiger partial charge in [0.1, 0.15) is 11.8 Å². The Morgan fingerprint density at radius 2 is 2.09 bits per heavy atom. The molecule has 1 saturated heterocycles. The van der Waals surface area contributed by atoms with Crippen molar-refractivity contribution in [2.45, 2.75) is 57.4 Å². The third-order valence-corrected chi connectivity index (χ3v) is 7.73. The highest BCUT2D eigenvalue weighted by Gasteiger charge is 2.43. The maximum Gasteiger partial charge on any atom is 0.306 e. The number of rotatable bonds is 5. The fraction of sp³-hybridized carbons (Fsp3) is 0.444. The number of benzene rings is 1. The van der Waals surface area contributed by atoms with Crippen LogP contribution in [-0.2, 0) is 9.59 Å². The number of hydrogen-bond donors (Lipinski definition) is 2. The summed E-state index contributed by atoms with van der Waals surface area (Å²) in [7, 11) is 0. The third kappa shape index (κ3) is 3.87. The summed E-state index contributed by atoms with van der Waals surface area (Å²) in [5, 5.41) is 19.8. The fourth-order valence-corrected chi connectivity index (χ4v) is 6.14. The molecule has 1 saturated carbocycles. The number of likely N-dealkylation sites (tertiary alicyclic amines) is 1. The molecule has 1 aromatic carbocycles. The van der Waals surface area contributed by atoms with Crippen molar-refractivity contribution in [1.29, 1.82) is 5.26 Å². The van der Waals surface area contributed by atoms with E-state index in [9.17, 15) is 14.7 Å². The molecule has 2 N–H and O–H groups in total. The number of piperidine rings is 1. The second kappa shape index (κ2) is 9.02. The number of carbonyl (C=O) groups excluding carboxylic acids is 1. The quantitative estimate of drug-likeness (QED) is 0.539. The van der Waals surface area contributed by atoms with Gasteiger partial charge in [0.15, 0.2) is 0 Å². The SMILES string of the molecule is CC(CC(=O)N1CCCC2C1CCC[C@H]2C(=O)O)c1c[nH]c2cccc(-c3ccc(C#N)o3)c12. The Labute approximate surface area is 198 Å². The van der Waals surface area contributed by atoms with Gasteiger partial charge in [0.25, 0.3) is 0 Å². The minimum atomic E-state index is -0.721. The lowest BCUT2D eigenvalue weighted by Crippen LogP contribution is -2.53. The molecule has 3 aromatic rings. The predicted molar refractivity (Wildman–Crippen MR) is 127 cm³/mol. The van der Waals surface area contributed by atoms with Gasteiger partial charge < -0.3 is 19.4 Å². The normalized spacial score (nSPS) is 23.3.